The summed E-state index contributed by atoms with van der Waals surface area (Å²) in [6.45, 7) is 0.712. The fraction of sp³-hybridized carbons (Fsp3) is 0.440. The average molecular weight is 559 g/mol. The number of benzene rings is 2. The molecule has 1 atom stereocenters. The van der Waals surface area contributed by atoms with Crippen LogP contribution in [0.1, 0.15) is 44.6 Å². The minimum absolute atomic E-state index is 0.0134. The van der Waals surface area contributed by atoms with Crippen molar-refractivity contribution >= 4 is 50.7 Å². The molecule has 1 fully saturated rings. The van der Waals surface area contributed by atoms with Crippen LogP contribution in [0.15, 0.2) is 42.5 Å². The minimum Gasteiger partial charge on any atom is -0.352 e. The summed E-state index contributed by atoms with van der Waals surface area (Å²) in [5, 5.41) is 3.34. The number of nitrogens with one attached hydrogen (secondary N) is 1. The van der Waals surface area contributed by atoms with Gasteiger partial charge in [-0.05, 0) is 44.0 Å². The lowest BCUT2D eigenvalue weighted by Crippen LogP contribution is -2.53. The lowest BCUT2D eigenvalue weighted by atomic mass is 9.95. The van der Waals surface area contributed by atoms with E-state index in [1.807, 2.05) is 0 Å². The summed E-state index contributed by atoms with van der Waals surface area (Å²) in [4.78, 5) is 27.9. The number of hydrogen-bond acceptors (Lipinski definition) is 4. The van der Waals surface area contributed by atoms with E-state index >= 15 is 0 Å². The molecule has 196 valence electrons. The third kappa shape index (κ3) is 7.33. The summed E-state index contributed by atoms with van der Waals surface area (Å²) < 4.78 is 40.6. The molecule has 0 unspecified atom stereocenters. The fourth-order valence-corrected chi connectivity index (χ4v) is 5.66. The Morgan fingerprint density at radius 3 is 2.39 bits per heavy atom. The first-order valence-corrected chi connectivity index (χ1v) is 14.3. The van der Waals surface area contributed by atoms with Crippen molar-refractivity contribution in [3.8, 4) is 0 Å². The van der Waals surface area contributed by atoms with Gasteiger partial charge in [-0.3, -0.25) is 13.9 Å². The van der Waals surface area contributed by atoms with Crippen molar-refractivity contribution in [1.82, 2.24) is 10.2 Å². The fourth-order valence-electron chi connectivity index (χ4n) is 4.24. The van der Waals surface area contributed by atoms with E-state index in [1.54, 1.807) is 13.0 Å². The first-order valence-electron chi connectivity index (χ1n) is 11.7. The number of rotatable bonds is 9. The predicted molar refractivity (Wildman–Crippen MR) is 140 cm³/mol. The zero-order chi connectivity index (χ0) is 26.5. The Hall–Kier alpha value is -2.36. The third-order valence-electron chi connectivity index (χ3n) is 6.27. The van der Waals surface area contributed by atoms with Gasteiger partial charge in [0.15, 0.2) is 0 Å². The second-order valence-electron chi connectivity index (χ2n) is 9.00. The maximum atomic E-state index is 14.5. The topological polar surface area (TPSA) is 86.8 Å². The number of hydrogen-bond donors (Lipinski definition) is 1. The van der Waals surface area contributed by atoms with Crippen molar-refractivity contribution < 1.29 is 22.4 Å². The zero-order valence-electron chi connectivity index (χ0n) is 20.2. The Labute approximate surface area is 221 Å². The van der Waals surface area contributed by atoms with E-state index < -0.39 is 34.3 Å². The monoisotopic (exact) mass is 557 g/mol. The van der Waals surface area contributed by atoms with Crippen LogP contribution in [0.5, 0.6) is 0 Å². The maximum absolute atomic E-state index is 14.5. The van der Waals surface area contributed by atoms with Gasteiger partial charge in [-0.15, -0.1) is 0 Å². The molecule has 0 radical (unpaired) electrons. The second kappa shape index (κ2) is 12.3. The number of halogens is 3. The van der Waals surface area contributed by atoms with Crippen LogP contribution in [0.25, 0.3) is 0 Å². The highest BCUT2D eigenvalue weighted by Crippen LogP contribution is 2.30. The largest absolute Gasteiger partial charge is 0.352 e. The number of amides is 2. The van der Waals surface area contributed by atoms with E-state index in [-0.39, 0.29) is 34.8 Å². The Kier molecular flexibility index (Phi) is 9.60. The molecular formula is C25H30Cl2FN3O4S. The van der Waals surface area contributed by atoms with Gasteiger partial charge < -0.3 is 10.2 Å². The Balaban J connectivity index is 1.90. The van der Waals surface area contributed by atoms with Gasteiger partial charge in [0.25, 0.3) is 0 Å². The van der Waals surface area contributed by atoms with Crippen LogP contribution in [-0.2, 0) is 26.2 Å². The molecule has 2 amide bonds. The molecular weight excluding hydrogens is 528 g/mol. The smallest absolute Gasteiger partial charge is 0.244 e. The molecule has 7 nitrogen and oxygen atoms in total. The van der Waals surface area contributed by atoms with Crippen molar-refractivity contribution in [2.45, 2.75) is 57.7 Å². The molecule has 3 rings (SSSR count). The molecule has 0 saturated heterocycles. The van der Waals surface area contributed by atoms with Crippen LogP contribution in [0.4, 0.5) is 10.1 Å². The highest BCUT2D eigenvalue weighted by molar-refractivity contribution is 7.92. The summed E-state index contributed by atoms with van der Waals surface area (Å²) in [7, 11) is -3.95. The lowest BCUT2D eigenvalue weighted by Gasteiger charge is -2.33. The molecule has 2 aromatic carbocycles. The molecule has 1 aliphatic carbocycles. The first-order chi connectivity index (χ1) is 17.0. The maximum Gasteiger partial charge on any atom is 0.244 e. The normalized spacial score (nSPS) is 15.2. The zero-order valence-corrected chi connectivity index (χ0v) is 22.5. The van der Waals surface area contributed by atoms with E-state index in [9.17, 15) is 22.4 Å². The van der Waals surface area contributed by atoms with Crippen LogP contribution >= 0.6 is 23.2 Å². The molecule has 1 aliphatic rings. The van der Waals surface area contributed by atoms with Gasteiger partial charge in [-0.1, -0.05) is 60.7 Å². The van der Waals surface area contributed by atoms with Crippen molar-refractivity contribution in [1.29, 1.82) is 0 Å². The van der Waals surface area contributed by atoms with Gasteiger partial charge in [0.1, 0.15) is 18.4 Å². The van der Waals surface area contributed by atoms with E-state index in [2.05, 4.69) is 5.32 Å². The first kappa shape index (κ1) is 28.2. The molecule has 0 bridgehead atoms. The van der Waals surface area contributed by atoms with Gasteiger partial charge in [0.2, 0.25) is 21.8 Å². The molecule has 0 spiro atoms. The molecule has 11 heteroatoms. The Bertz CT molecular complexity index is 1210. The average Bonchev–Trinajstić information content (AvgIpc) is 2.82. The molecule has 0 aliphatic heterocycles. The van der Waals surface area contributed by atoms with Gasteiger partial charge >= 0.3 is 0 Å². The van der Waals surface area contributed by atoms with Crippen LogP contribution in [0, 0.1) is 5.82 Å². The van der Waals surface area contributed by atoms with Gasteiger partial charge in [0.05, 0.1) is 17.0 Å². The number of carbonyl (C=O) groups excluding carboxylic acids is 2. The van der Waals surface area contributed by atoms with Crippen molar-refractivity contribution in [2.24, 2.45) is 0 Å². The number of carbonyl (C=O) groups is 2. The van der Waals surface area contributed by atoms with Gasteiger partial charge in [0, 0.05) is 23.2 Å². The minimum atomic E-state index is -3.95. The van der Waals surface area contributed by atoms with Crippen LogP contribution < -0.4 is 9.62 Å². The van der Waals surface area contributed by atoms with Gasteiger partial charge in [-0.25, -0.2) is 12.8 Å². The lowest BCUT2D eigenvalue weighted by molar-refractivity contribution is -0.139. The summed E-state index contributed by atoms with van der Waals surface area (Å²) in [6.07, 6.45) is 5.82. The van der Waals surface area contributed by atoms with Crippen molar-refractivity contribution in [2.75, 3.05) is 17.1 Å². The van der Waals surface area contributed by atoms with E-state index in [4.69, 9.17) is 23.2 Å². The summed E-state index contributed by atoms with van der Waals surface area (Å²) in [6, 6.07) is 9.22. The number of nitrogens with zero attached hydrogens (tertiary/aromatic N) is 2. The molecule has 0 aromatic heterocycles. The molecule has 1 N–H and O–H groups in total. The quantitative estimate of drug-likeness (QED) is 0.481. The molecule has 36 heavy (non-hydrogen) atoms. The Morgan fingerprint density at radius 1 is 1.11 bits per heavy atom. The van der Waals surface area contributed by atoms with E-state index in [0.717, 1.165) is 42.7 Å². The highest BCUT2D eigenvalue weighted by atomic mass is 35.5. The van der Waals surface area contributed by atoms with Crippen molar-refractivity contribution in [3.05, 3.63) is 63.9 Å². The van der Waals surface area contributed by atoms with Crippen molar-refractivity contribution in [3.63, 3.8) is 0 Å². The summed E-state index contributed by atoms with van der Waals surface area (Å²) in [5.41, 5.74) is 0.278. The van der Waals surface area contributed by atoms with E-state index in [1.165, 1.54) is 41.3 Å². The Morgan fingerprint density at radius 2 is 1.78 bits per heavy atom. The summed E-state index contributed by atoms with van der Waals surface area (Å²) in [5.74, 6) is -1.58. The standard InChI is InChI=1S/C25H30Cl2FN3O4S/c1-17(25(33)29-20-9-4-3-5-10-20)30(15-18-8-6-7-11-22(18)28)24(32)16-31(36(2,34)35)23-13-12-19(26)14-21(23)27/h6-8,11-14,17,20H,3-5,9-10,15-16H2,1-2H3,(H,29,33)/t17-/m0/s1. The third-order valence-corrected chi connectivity index (χ3v) is 7.94. The van der Waals surface area contributed by atoms with Crippen LogP contribution in [0.3, 0.4) is 0 Å². The van der Waals surface area contributed by atoms with E-state index in [0.29, 0.717) is 5.02 Å². The predicted octanol–water partition coefficient (Wildman–Crippen LogP) is 4.76. The second-order valence-corrected chi connectivity index (χ2v) is 11.7. The number of anilines is 1. The molecule has 1 saturated carbocycles. The number of sulfonamides is 1. The SMILES string of the molecule is C[C@@H](C(=O)NC1CCCCC1)N(Cc1ccccc1F)C(=O)CN(c1ccc(Cl)cc1Cl)S(C)(=O)=O. The summed E-state index contributed by atoms with van der Waals surface area (Å²) >= 11 is 12.2. The molecule has 2 aromatic rings. The molecule has 0 heterocycles. The van der Waals surface area contributed by atoms with Gasteiger partial charge in [-0.2, -0.15) is 0 Å². The highest BCUT2D eigenvalue weighted by Gasteiger charge is 2.32. The van der Waals surface area contributed by atoms with Crippen LogP contribution in [-0.4, -0.2) is 50.0 Å². The van der Waals surface area contributed by atoms with Crippen LogP contribution in [0.2, 0.25) is 10.0 Å².